The van der Waals surface area contributed by atoms with Gasteiger partial charge in [-0.15, -0.1) is 0 Å². The molecule has 156 valence electrons. The van der Waals surface area contributed by atoms with E-state index in [4.69, 9.17) is 16.6 Å². The van der Waals surface area contributed by atoms with Crippen LogP contribution in [0.1, 0.15) is 34.1 Å². The van der Waals surface area contributed by atoms with Crippen molar-refractivity contribution < 1.29 is 9.18 Å². The fourth-order valence-electron chi connectivity index (χ4n) is 4.73. The number of aromatic amines is 1. The van der Waals surface area contributed by atoms with Crippen LogP contribution in [0.15, 0.2) is 42.7 Å². The minimum absolute atomic E-state index is 0.111. The molecule has 2 fully saturated rings. The first-order valence-corrected chi connectivity index (χ1v) is 10.5. The average Bonchev–Trinajstić information content (AvgIpc) is 3.16. The molecule has 1 N–H and O–H groups in total. The number of aryl methyl sites for hydroxylation is 1. The van der Waals surface area contributed by atoms with Crippen molar-refractivity contribution in [1.29, 1.82) is 0 Å². The molecule has 7 nitrogen and oxygen atoms in total. The van der Waals surface area contributed by atoms with Crippen molar-refractivity contribution in [2.45, 2.75) is 25.3 Å². The van der Waals surface area contributed by atoms with Crippen LogP contribution in [0.4, 0.5) is 4.39 Å². The monoisotopic (exact) mass is 436 g/mol. The van der Waals surface area contributed by atoms with Crippen LogP contribution in [0, 0.1) is 18.7 Å². The van der Waals surface area contributed by atoms with Gasteiger partial charge in [-0.3, -0.25) is 4.79 Å². The first kappa shape index (κ1) is 18.5. The number of benzene rings is 2. The van der Waals surface area contributed by atoms with Crippen LogP contribution in [0.25, 0.3) is 16.7 Å². The Morgan fingerprint density at radius 3 is 2.84 bits per heavy atom. The Bertz CT molecular complexity index is 1330. The Hall–Kier alpha value is -3.26. The Morgan fingerprint density at radius 1 is 1.23 bits per heavy atom. The third kappa shape index (κ3) is 2.85. The van der Waals surface area contributed by atoms with Crippen molar-refractivity contribution in [2.75, 3.05) is 6.54 Å². The van der Waals surface area contributed by atoms with Crippen molar-refractivity contribution in [3.05, 3.63) is 70.5 Å². The van der Waals surface area contributed by atoms with Gasteiger partial charge in [0.1, 0.15) is 11.6 Å². The Labute approximate surface area is 181 Å². The number of carbonyl (C=O) groups is 1. The number of rotatable bonds is 3. The number of halogens is 2. The van der Waals surface area contributed by atoms with Gasteiger partial charge in [0.2, 0.25) is 0 Å². The van der Waals surface area contributed by atoms with Crippen LogP contribution in [-0.4, -0.2) is 48.4 Å². The molecule has 0 spiro atoms. The van der Waals surface area contributed by atoms with Crippen LogP contribution >= 0.6 is 11.6 Å². The number of nitrogens with zero attached hydrogens (tertiary/aromatic N) is 5. The molecule has 2 aliphatic rings. The van der Waals surface area contributed by atoms with E-state index in [9.17, 15) is 9.18 Å². The van der Waals surface area contributed by atoms with Crippen LogP contribution in [0.5, 0.6) is 0 Å². The molecular formula is C22H18ClFN6O. The van der Waals surface area contributed by atoms with Crippen LogP contribution in [0.3, 0.4) is 0 Å². The molecule has 3 atom stereocenters. The van der Waals surface area contributed by atoms with Gasteiger partial charge >= 0.3 is 0 Å². The number of piperidine rings is 1. The molecule has 9 heteroatoms. The molecule has 2 aromatic carbocycles. The van der Waals surface area contributed by atoms with E-state index in [1.165, 1.54) is 35.4 Å². The molecule has 1 saturated carbocycles. The summed E-state index contributed by atoms with van der Waals surface area (Å²) >= 11 is 6.25. The molecule has 1 unspecified atom stereocenters. The maximum atomic E-state index is 14.0. The topological polar surface area (TPSA) is 79.7 Å². The summed E-state index contributed by atoms with van der Waals surface area (Å²) in [6, 6.07) is 8.03. The number of fused-ring (bicyclic) bond motifs is 2. The number of hydrogen-bond donors (Lipinski definition) is 1. The second-order valence-electron chi connectivity index (χ2n) is 8.20. The fourth-order valence-corrected chi connectivity index (χ4v) is 4.88. The third-order valence-electron chi connectivity index (χ3n) is 6.41. The number of amides is 1. The number of nitrogens with one attached hydrogen (secondary N) is 1. The summed E-state index contributed by atoms with van der Waals surface area (Å²) in [6.07, 6.45) is 3.96. The maximum Gasteiger partial charge on any atom is 0.256 e. The summed E-state index contributed by atoms with van der Waals surface area (Å²) in [6.45, 7) is 2.48. The minimum Gasteiger partial charge on any atom is -0.342 e. The van der Waals surface area contributed by atoms with E-state index in [0.717, 1.165) is 28.8 Å². The average molecular weight is 437 g/mol. The molecule has 1 amide bonds. The standard InChI is InChI=1S/C22H18ClFN6O/c1-11-16(23)3-4-17-20(11)28-21(27-17)15-10-29(19-9-13(15)19)22(31)14-8-12(24)2-5-18(14)30-25-6-7-26-30/h2-8,13,15,19H,9-10H2,1H3,(H,27,28)/t13-,15?,19+/m1/s1. The van der Waals surface area contributed by atoms with Gasteiger partial charge in [-0.2, -0.15) is 15.0 Å². The van der Waals surface area contributed by atoms with Gasteiger partial charge in [0, 0.05) is 23.5 Å². The van der Waals surface area contributed by atoms with Crippen molar-refractivity contribution in [1.82, 2.24) is 29.9 Å². The zero-order valence-corrected chi connectivity index (χ0v) is 17.3. The molecule has 4 aromatic rings. The largest absolute Gasteiger partial charge is 0.342 e. The highest BCUT2D eigenvalue weighted by Crippen LogP contribution is 2.52. The number of aromatic nitrogens is 5. The summed E-state index contributed by atoms with van der Waals surface area (Å²) in [4.78, 5) is 24.8. The summed E-state index contributed by atoms with van der Waals surface area (Å²) in [7, 11) is 0. The van der Waals surface area contributed by atoms with Gasteiger partial charge in [0.15, 0.2) is 0 Å². The zero-order chi connectivity index (χ0) is 21.3. The van der Waals surface area contributed by atoms with E-state index in [-0.39, 0.29) is 23.4 Å². The van der Waals surface area contributed by atoms with Crippen molar-refractivity contribution in [3.8, 4) is 5.69 Å². The lowest BCUT2D eigenvalue weighted by molar-refractivity contribution is 0.0763. The number of H-pyrrole nitrogens is 1. The molecule has 3 heterocycles. The zero-order valence-electron chi connectivity index (χ0n) is 16.6. The Morgan fingerprint density at radius 2 is 2.03 bits per heavy atom. The summed E-state index contributed by atoms with van der Waals surface area (Å²) < 4.78 is 14.0. The second kappa shape index (κ2) is 6.62. The van der Waals surface area contributed by atoms with Crippen LogP contribution in [0.2, 0.25) is 5.02 Å². The molecule has 0 bridgehead atoms. The number of imidazole rings is 1. The fraction of sp³-hybridized carbons (Fsp3) is 0.273. The highest BCUT2D eigenvalue weighted by atomic mass is 35.5. The van der Waals surface area contributed by atoms with Gasteiger partial charge in [0.25, 0.3) is 5.91 Å². The predicted octanol–water partition coefficient (Wildman–Crippen LogP) is 3.87. The number of hydrogen-bond acceptors (Lipinski definition) is 4. The van der Waals surface area contributed by atoms with E-state index in [1.54, 1.807) is 0 Å². The highest BCUT2D eigenvalue weighted by molar-refractivity contribution is 6.32. The molecule has 2 aromatic heterocycles. The van der Waals surface area contributed by atoms with E-state index < -0.39 is 5.82 Å². The lowest BCUT2D eigenvalue weighted by Gasteiger charge is -2.21. The molecule has 31 heavy (non-hydrogen) atoms. The van der Waals surface area contributed by atoms with E-state index in [0.29, 0.717) is 23.2 Å². The van der Waals surface area contributed by atoms with Crippen LogP contribution < -0.4 is 0 Å². The molecule has 6 rings (SSSR count). The quantitative estimate of drug-likeness (QED) is 0.528. The summed E-state index contributed by atoms with van der Waals surface area (Å²) in [5.41, 5.74) is 3.47. The van der Waals surface area contributed by atoms with Gasteiger partial charge in [0.05, 0.1) is 34.7 Å². The smallest absolute Gasteiger partial charge is 0.256 e. The SMILES string of the molecule is Cc1c(Cl)ccc2[nH]c(C3CN(C(=O)c4cc(F)ccc4-n4nccn4)[C@H]4C[C@H]34)nc12. The molecule has 1 saturated heterocycles. The predicted molar refractivity (Wildman–Crippen MR) is 113 cm³/mol. The third-order valence-corrected chi connectivity index (χ3v) is 6.82. The van der Waals surface area contributed by atoms with Gasteiger partial charge in [-0.1, -0.05) is 11.6 Å². The first-order chi connectivity index (χ1) is 15.0. The van der Waals surface area contributed by atoms with Crippen molar-refractivity contribution >= 4 is 28.5 Å². The Balaban J connectivity index is 1.33. The molecule has 0 radical (unpaired) electrons. The lowest BCUT2D eigenvalue weighted by Crippen LogP contribution is -2.33. The molecular weight excluding hydrogens is 419 g/mol. The van der Waals surface area contributed by atoms with Crippen LogP contribution in [-0.2, 0) is 0 Å². The highest BCUT2D eigenvalue weighted by Gasteiger charge is 2.56. The van der Waals surface area contributed by atoms with E-state index in [2.05, 4.69) is 15.2 Å². The summed E-state index contributed by atoms with van der Waals surface area (Å²) in [5, 5.41) is 8.89. The van der Waals surface area contributed by atoms with E-state index in [1.807, 2.05) is 24.0 Å². The van der Waals surface area contributed by atoms with E-state index >= 15 is 0 Å². The normalized spacial score (nSPS) is 22.2. The van der Waals surface area contributed by atoms with Gasteiger partial charge in [-0.05, 0) is 55.2 Å². The molecule has 1 aliphatic heterocycles. The number of likely N-dealkylation sites (tertiary alicyclic amines) is 1. The van der Waals surface area contributed by atoms with Crippen molar-refractivity contribution in [2.24, 2.45) is 5.92 Å². The lowest BCUT2D eigenvalue weighted by atomic mass is 10.1. The first-order valence-electron chi connectivity index (χ1n) is 10.1. The number of carbonyl (C=O) groups excluding carboxylic acids is 1. The minimum atomic E-state index is -0.466. The summed E-state index contributed by atoms with van der Waals surface area (Å²) in [5.74, 6) is 0.653. The molecule has 1 aliphatic carbocycles. The van der Waals surface area contributed by atoms with Crippen molar-refractivity contribution in [3.63, 3.8) is 0 Å². The second-order valence-corrected chi connectivity index (χ2v) is 8.61. The van der Waals surface area contributed by atoms with Gasteiger partial charge in [-0.25, -0.2) is 9.37 Å². The van der Waals surface area contributed by atoms with Gasteiger partial charge < -0.3 is 9.88 Å². The Kier molecular flexibility index (Phi) is 3.95. The maximum absolute atomic E-state index is 14.0.